The van der Waals surface area contributed by atoms with Gasteiger partial charge in [-0.1, -0.05) is 55.1 Å². The van der Waals surface area contributed by atoms with Crippen molar-refractivity contribution in [2.75, 3.05) is 0 Å². The summed E-state index contributed by atoms with van der Waals surface area (Å²) < 4.78 is 1.95. The van der Waals surface area contributed by atoms with Crippen LogP contribution < -0.4 is 0 Å². The normalized spacial score (nSPS) is 10.4. The summed E-state index contributed by atoms with van der Waals surface area (Å²) in [5.41, 5.74) is 5.17. The van der Waals surface area contributed by atoms with E-state index in [9.17, 15) is 0 Å². The fraction of sp³-hybridized carbons (Fsp3) is 0.0556. The fourth-order valence-electron chi connectivity index (χ4n) is 2.20. The van der Waals surface area contributed by atoms with E-state index in [0.717, 1.165) is 28.2 Å². The smallest absolute Gasteiger partial charge is 0.0934 e. The van der Waals surface area contributed by atoms with Crippen LogP contribution in [0.4, 0.5) is 0 Å². The predicted octanol–water partition coefficient (Wildman–Crippen LogP) is 4.57. The van der Waals surface area contributed by atoms with Crippen LogP contribution in [0.1, 0.15) is 12.6 Å². The molecule has 1 aromatic heterocycles. The standard InChI is InChI=1S/C18H16N2/c1-14(2)18-13-17(15-9-5-3-6-10-15)19-20(18)16-11-7-4-8-12-16/h3-13H,1H2,2H3. The lowest BCUT2D eigenvalue weighted by atomic mass is 10.1. The zero-order valence-electron chi connectivity index (χ0n) is 11.5. The summed E-state index contributed by atoms with van der Waals surface area (Å²) in [6.45, 7) is 6.06. The molecule has 2 heteroatoms. The van der Waals surface area contributed by atoms with Gasteiger partial charge in [0, 0.05) is 5.56 Å². The molecular weight excluding hydrogens is 244 g/mol. The third kappa shape index (κ3) is 2.28. The molecule has 0 saturated heterocycles. The van der Waals surface area contributed by atoms with E-state index in [4.69, 9.17) is 5.10 Å². The molecule has 1 heterocycles. The van der Waals surface area contributed by atoms with E-state index in [1.54, 1.807) is 0 Å². The molecule has 0 unspecified atom stereocenters. The topological polar surface area (TPSA) is 17.8 Å². The van der Waals surface area contributed by atoms with Gasteiger partial charge in [0.25, 0.3) is 0 Å². The van der Waals surface area contributed by atoms with Crippen LogP contribution in [0.25, 0.3) is 22.5 Å². The van der Waals surface area contributed by atoms with Crippen LogP contribution >= 0.6 is 0 Å². The van der Waals surface area contributed by atoms with Gasteiger partial charge >= 0.3 is 0 Å². The maximum absolute atomic E-state index is 4.73. The second kappa shape index (κ2) is 5.17. The molecule has 0 aliphatic carbocycles. The minimum Gasteiger partial charge on any atom is -0.233 e. The SMILES string of the molecule is C=C(C)c1cc(-c2ccccc2)nn1-c1ccccc1. The molecule has 2 nitrogen and oxygen atoms in total. The molecule has 0 saturated carbocycles. The van der Waals surface area contributed by atoms with Crippen LogP contribution in [-0.2, 0) is 0 Å². The summed E-state index contributed by atoms with van der Waals surface area (Å²) in [7, 11) is 0. The Morgan fingerprint density at radius 2 is 1.55 bits per heavy atom. The van der Waals surface area contributed by atoms with Gasteiger partial charge in [-0.3, -0.25) is 0 Å². The van der Waals surface area contributed by atoms with Gasteiger partial charge in [-0.25, -0.2) is 4.68 Å². The average Bonchev–Trinajstić information content (AvgIpc) is 2.94. The third-order valence-electron chi connectivity index (χ3n) is 3.22. The first kappa shape index (κ1) is 12.4. The molecule has 0 spiro atoms. The molecule has 0 bridgehead atoms. The van der Waals surface area contributed by atoms with Crippen molar-refractivity contribution in [1.82, 2.24) is 9.78 Å². The summed E-state index contributed by atoms with van der Waals surface area (Å²) >= 11 is 0. The van der Waals surface area contributed by atoms with E-state index in [1.165, 1.54) is 0 Å². The Morgan fingerprint density at radius 3 is 2.15 bits per heavy atom. The lowest BCUT2D eigenvalue weighted by molar-refractivity contribution is 0.870. The lowest BCUT2D eigenvalue weighted by Crippen LogP contribution is -2.00. The quantitative estimate of drug-likeness (QED) is 0.674. The highest BCUT2D eigenvalue weighted by Crippen LogP contribution is 2.24. The molecule has 0 radical (unpaired) electrons. The third-order valence-corrected chi connectivity index (χ3v) is 3.22. The van der Waals surface area contributed by atoms with E-state index < -0.39 is 0 Å². The Morgan fingerprint density at radius 1 is 0.950 bits per heavy atom. The van der Waals surface area contributed by atoms with E-state index in [2.05, 4.69) is 24.8 Å². The monoisotopic (exact) mass is 260 g/mol. The first-order valence-corrected chi connectivity index (χ1v) is 6.62. The van der Waals surface area contributed by atoms with Crippen molar-refractivity contribution >= 4 is 5.57 Å². The zero-order chi connectivity index (χ0) is 13.9. The molecule has 0 N–H and O–H groups in total. The van der Waals surface area contributed by atoms with E-state index in [-0.39, 0.29) is 0 Å². The Balaban J connectivity index is 2.15. The Bertz CT molecular complexity index is 725. The number of nitrogens with zero attached hydrogens (tertiary/aromatic N) is 2. The molecule has 2 aromatic carbocycles. The van der Waals surface area contributed by atoms with E-state index >= 15 is 0 Å². The Labute approximate surface area is 119 Å². The van der Waals surface area contributed by atoms with Crippen LogP contribution in [-0.4, -0.2) is 9.78 Å². The van der Waals surface area contributed by atoms with Crippen molar-refractivity contribution in [1.29, 1.82) is 0 Å². The molecule has 0 amide bonds. The zero-order valence-corrected chi connectivity index (χ0v) is 11.5. The molecule has 0 aliphatic heterocycles. The van der Waals surface area contributed by atoms with Gasteiger partial charge in [0.05, 0.1) is 17.1 Å². The van der Waals surface area contributed by atoms with Crippen molar-refractivity contribution in [3.05, 3.63) is 79.0 Å². The molecule has 3 aromatic rings. The molecule has 0 fully saturated rings. The van der Waals surface area contributed by atoms with Crippen molar-refractivity contribution in [2.45, 2.75) is 6.92 Å². The maximum Gasteiger partial charge on any atom is 0.0934 e. The van der Waals surface area contributed by atoms with Crippen LogP contribution in [0.5, 0.6) is 0 Å². The first-order valence-electron chi connectivity index (χ1n) is 6.62. The van der Waals surface area contributed by atoms with Crippen LogP contribution in [0.2, 0.25) is 0 Å². The van der Waals surface area contributed by atoms with Crippen molar-refractivity contribution in [2.24, 2.45) is 0 Å². The van der Waals surface area contributed by atoms with Gasteiger partial charge in [0.2, 0.25) is 0 Å². The van der Waals surface area contributed by atoms with Crippen LogP contribution in [0.3, 0.4) is 0 Å². The summed E-state index contributed by atoms with van der Waals surface area (Å²) in [6, 6.07) is 22.4. The second-order valence-corrected chi connectivity index (χ2v) is 4.81. The van der Waals surface area contributed by atoms with Crippen LogP contribution in [0, 0.1) is 0 Å². The largest absolute Gasteiger partial charge is 0.233 e. The molecule has 98 valence electrons. The summed E-state index contributed by atoms with van der Waals surface area (Å²) in [4.78, 5) is 0. The van der Waals surface area contributed by atoms with Crippen molar-refractivity contribution in [3.63, 3.8) is 0 Å². The summed E-state index contributed by atoms with van der Waals surface area (Å²) in [5, 5.41) is 4.73. The predicted molar refractivity (Wildman–Crippen MR) is 83.7 cm³/mol. The fourth-order valence-corrected chi connectivity index (χ4v) is 2.20. The molecule has 3 rings (SSSR count). The maximum atomic E-state index is 4.73. The van der Waals surface area contributed by atoms with Gasteiger partial charge < -0.3 is 0 Å². The van der Waals surface area contributed by atoms with E-state index in [0.29, 0.717) is 0 Å². The van der Waals surface area contributed by atoms with Crippen LogP contribution in [0.15, 0.2) is 73.3 Å². The summed E-state index contributed by atoms with van der Waals surface area (Å²) in [5.74, 6) is 0. The van der Waals surface area contributed by atoms with Gasteiger partial charge in [-0.2, -0.15) is 5.10 Å². The highest BCUT2D eigenvalue weighted by molar-refractivity contribution is 5.68. The van der Waals surface area contributed by atoms with Gasteiger partial charge in [0.1, 0.15) is 0 Å². The van der Waals surface area contributed by atoms with Crippen molar-refractivity contribution < 1.29 is 0 Å². The number of benzene rings is 2. The Hall–Kier alpha value is -2.61. The summed E-state index contributed by atoms with van der Waals surface area (Å²) in [6.07, 6.45) is 0. The highest BCUT2D eigenvalue weighted by atomic mass is 15.3. The number of rotatable bonds is 3. The number of allylic oxidation sites excluding steroid dienone is 1. The second-order valence-electron chi connectivity index (χ2n) is 4.81. The number of aromatic nitrogens is 2. The molecular formula is C18H16N2. The first-order chi connectivity index (χ1) is 9.75. The number of hydrogen-bond acceptors (Lipinski definition) is 1. The van der Waals surface area contributed by atoms with Crippen molar-refractivity contribution in [3.8, 4) is 16.9 Å². The van der Waals surface area contributed by atoms with Gasteiger partial charge in [-0.05, 0) is 30.7 Å². The lowest BCUT2D eigenvalue weighted by Gasteiger charge is -2.06. The minimum atomic E-state index is 0.965. The molecule has 0 atom stereocenters. The minimum absolute atomic E-state index is 0.965. The molecule has 0 aliphatic rings. The van der Waals surface area contributed by atoms with Gasteiger partial charge in [-0.15, -0.1) is 0 Å². The van der Waals surface area contributed by atoms with E-state index in [1.807, 2.05) is 60.1 Å². The number of hydrogen-bond donors (Lipinski definition) is 0. The average molecular weight is 260 g/mol. The highest BCUT2D eigenvalue weighted by Gasteiger charge is 2.11. The Kier molecular flexibility index (Phi) is 3.21. The van der Waals surface area contributed by atoms with Gasteiger partial charge in [0.15, 0.2) is 0 Å². The number of para-hydroxylation sites is 1. The molecule has 20 heavy (non-hydrogen) atoms.